The number of primary amides is 1. The molecule has 3 rings (SSSR count). The molecule has 0 fully saturated rings. The van der Waals surface area contributed by atoms with Crippen molar-refractivity contribution < 1.29 is 13.2 Å². The number of anilines is 2. The molecule has 10 heteroatoms. The lowest BCUT2D eigenvalue weighted by Gasteiger charge is -2.21. The summed E-state index contributed by atoms with van der Waals surface area (Å²) in [5.41, 5.74) is 7.11. The van der Waals surface area contributed by atoms with E-state index in [9.17, 15) is 13.2 Å². The van der Waals surface area contributed by atoms with E-state index < -0.39 is 15.7 Å². The number of aromatic nitrogens is 4. The zero-order valence-corrected chi connectivity index (χ0v) is 16.2. The summed E-state index contributed by atoms with van der Waals surface area (Å²) in [6.07, 6.45) is 5.34. The summed E-state index contributed by atoms with van der Waals surface area (Å²) < 4.78 is 23.5. The minimum absolute atomic E-state index is 0.0818. The maximum absolute atomic E-state index is 11.8. The molecular weight excluding hydrogens is 368 g/mol. The number of hydrogen-bond donors (Lipinski definition) is 3. The van der Waals surface area contributed by atoms with E-state index in [1.54, 1.807) is 0 Å². The van der Waals surface area contributed by atoms with Crippen molar-refractivity contribution in [1.29, 1.82) is 0 Å². The average molecular weight is 388 g/mol. The Morgan fingerprint density at radius 3 is 2.52 bits per heavy atom. The Kier molecular flexibility index (Phi) is 4.38. The number of H-pyrrole nitrogens is 1. The molecule has 0 saturated heterocycles. The van der Waals surface area contributed by atoms with Crippen molar-refractivity contribution in [3.63, 3.8) is 0 Å². The Morgan fingerprint density at radius 1 is 1.22 bits per heavy atom. The van der Waals surface area contributed by atoms with Gasteiger partial charge in [-0.3, -0.25) is 9.78 Å². The van der Waals surface area contributed by atoms with Gasteiger partial charge in [0.25, 0.3) is 5.91 Å². The Balaban J connectivity index is 2.17. The molecule has 0 aliphatic carbocycles. The molecule has 0 saturated carbocycles. The van der Waals surface area contributed by atoms with Gasteiger partial charge >= 0.3 is 0 Å². The molecule has 0 spiro atoms. The van der Waals surface area contributed by atoms with Crippen LogP contribution in [0.15, 0.2) is 29.6 Å². The molecule has 4 N–H and O–H groups in total. The summed E-state index contributed by atoms with van der Waals surface area (Å²) in [6, 6.07) is 1.47. The van der Waals surface area contributed by atoms with E-state index in [1.807, 2.05) is 20.8 Å². The second-order valence-corrected chi connectivity index (χ2v) is 9.26. The van der Waals surface area contributed by atoms with Crippen molar-refractivity contribution >= 4 is 38.4 Å². The molecule has 0 aromatic carbocycles. The van der Waals surface area contributed by atoms with Crippen LogP contribution in [0.1, 0.15) is 36.8 Å². The first kappa shape index (κ1) is 18.8. The monoisotopic (exact) mass is 388 g/mol. The van der Waals surface area contributed by atoms with Crippen LogP contribution >= 0.6 is 0 Å². The lowest BCUT2D eigenvalue weighted by molar-refractivity contribution is 0.100. The van der Waals surface area contributed by atoms with Gasteiger partial charge in [-0.1, -0.05) is 20.8 Å². The van der Waals surface area contributed by atoms with Crippen molar-refractivity contribution in [2.45, 2.75) is 31.1 Å². The first-order chi connectivity index (χ1) is 12.5. The van der Waals surface area contributed by atoms with E-state index in [0.29, 0.717) is 28.4 Å². The Labute approximate surface area is 156 Å². The highest BCUT2D eigenvalue weighted by molar-refractivity contribution is 7.90. The first-order valence-corrected chi connectivity index (χ1v) is 9.97. The smallest absolute Gasteiger partial charge is 0.252 e. The van der Waals surface area contributed by atoms with Gasteiger partial charge in [0.15, 0.2) is 21.3 Å². The predicted octanol–water partition coefficient (Wildman–Crippen LogP) is 1.90. The number of fused-ring (bicyclic) bond motifs is 1. The molecule has 27 heavy (non-hydrogen) atoms. The fourth-order valence-corrected chi connectivity index (χ4v) is 3.15. The lowest BCUT2D eigenvalue weighted by Crippen LogP contribution is -2.18. The minimum Gasteiger partial charge on any atom is -0.365 e. The van der Waals surface area contributed by atoms with Crippen LogP contribution in [0.4, 0.5) is 11.5 Å². The molecule has 0 atom stereocenters. The maximum atomic E-state index is 11.8. The Bertz CT molecular complexity index is 1150. The number of nitrogens with one attached hydrogen (secondary N) is 2. The van der Waals surface area contributed by atoms with E-state index in [2.05, 4.69) is 25.3 Å². The van der Waals surface area contributed by atoms with E-state index in [-0.39, 0.29) is 15.9 Å². The number of aromatic amines is 1. The molecule has 9 nitrogen and oxygen atoms in total. The molecule has 0 radical (unpaired) electrons. The van der Waals surface area contributed by atoms with Gasteiger partial charge in [-0.05, 0) is 6.07 Å². The van der Waals surface area contributed by atoms with Crippen LogP contribution in [-0.4, -0.2) is 40.5 Å². The molecule has 142 valence electrons. The Morgan fingerprint density at radius 2 is 1.93 bits per heavy atom. The number of nitrogens with zero attached hydrogens (tertiary/aromatic N) is 3. The van der Waals surface area contributed by atoms with Gasteiger partial charge in [-0.25, -0.2) is 18.4 Å². The second kappa shape index (κ2) is 6.31. The summed E-state index contributed by atoms with van der Waals surface area (Å²) >= 11 is 0. The lowest BCUT2D eigenvalue weighted by atomic mass is 9.91. The standard InChI is InChI=1S/C17H20N6O3S/c1-17(2,3)13-16(21-9-5-10(7-19-6-9)27(4,25)26)22-12-11(14(18)24)8-20-15(12)23-13/h5-8H,1-4H3,(H2,18,24)(H,20,23)(H,21,22). The number of sulfone groups is 1. The normalized spacial score (nSPS) is 12.3. The number of pyridine rings is 1. The number of nitrogens with two attached hydrogens (primary N) is 1. The average Bonchev–Trinajstić information content (AvgIpc) is 2.96. The van der Waals surface area contributed by atoms with Crippen molar-refractivity contribution in [3.8, 4) is 0 Å². The van der Waals surface area contributed by atoms with E-state index in [0.717, 1.165) is 6.26 Å². The maximum Gasteiger partial charge on any atom is 0.252 e. The van der Waals surface area contributed by atoms with E-state index in [4.69, 9.17) is 5.73 Å². The third kappa shape index (κ3) is 3.75. The van der Waals surface area contributed by atoms with Gasteiger partial charge in [0, 0.05) is 24.1 Å². The summed E-state index contributed by atoms with van der Waals surface area (Å²) in [6.45, 7) is 5.91. The van der Waals surface area contributed by atoms with Gasteiger partial charge in [-0.15, -0.1) is 0 Å². The molecule has 0 aliphatic rings. The van der Waals surface area contributed by atoms with Crippen molar-refractivity contribution in [1.82, 2.24) is 19.9 Å². The number of hydrogen-bond acceptors (Lipinski definition) is 7. The second-order valence-electron chi connectivity index (χ2n) is 7.24. The van der Waals surface area contributed by atoms with Crippen LogP contribution in [0.3, 0.4) is 0 Å². The van der Waals surface area contributed by atoms with Gasteiger partial charge in [0.1, 0.15) is 5.52 Å². The summed E-state index contributed by atoms with van der Waals surface area (Å²) in [7, 11) is -3.40. The molecule has 1 amide bonds. The van der Waals surface area contributed by atoms with Gasteiger partial charge in [-0.2, -0.15) is 0 Å². The molecule has 0 bridgehead atoms. The van der Waals surface area contributed by atoms with Crippen LogP contribution in [0.25, 0.3) is 11.2 Å². The zero-order chi connectivity index (χ0) is 20.0. The van der Waals surface area contributed by atoms with Crippen molar-refractivity contribution in [2.24, 2.45) is 5.73 Å². The molecule has 0 unspecified atom stereocenters. The van der Waals surface area contributed by atoms with Crippen LogP contribution in [0, 0.1) is 0 Å². The highest BCUT2D eigenvalue weighted by atomic mass is 32.2. The van der Waals surface area contributed by atoms with Gasteiger partial charge in [0.05, 0.1) is 28.0 Å². The molecule has 3 heterocycles. The number of carbonyl (C=O) groups excluding carboxylic acids is 1. The van der Waals surface area contributed by atoms with Crippen LogP contribution in [-0.2, 0) is 15.3 Å². The summed E-state index contributed by atoms with van der Waals surface area (Å²) in [5, 5.41) is 3.07. The summed E-state index contributed by atoms with van der Waals surface area (Å²) in [4.78, 5) is 27.7. The van der Waals surface area contributed by atoms with E-state index >= 15 is 0 Å². The van der Waals surface area contributed by atoms with Crippen LogP contribution in [0.5, 0.6) is 0 Å². The largest absolute Gasteiger partial charge is 0.365 e. The minimum atomic E-state index is -3.40. The first-order valence-electron chi connectivity index (χ1n) is 8.08. The number of amides is 1. The van der Waals surface area contributed by atoms with Gasteiger partial charge < -0.3 is 16.0 Å². The fourth-order valence-electron chi connectivity index (χ4n) is 2.56. The van der Waals surface area contributed by atoms with Crippen molar-refractivity contribution in [3.05, 3.63) is 35.9 Å². The summed E-state index contributed by atoms with van der Waals surface area (Å²) in [5.74, 6) is -0.227. The zero-order valence-electron chi connectivity index (χ0n) is 15.4. The Hall–Kier alpha value is -3.01. The molecule has 3 aromatic heterocycles. The predicted molar refractivity (Wildman–Crippen MR) is 102 cm³/mol. The van der Waals surface area contributed by atoms with Crippen molar-refractivity contribution in [2.75, 3.05) is 11.6 Å². The van der Waals surface area contributed by atoms with Gasteiger partial charge in [0.2, 0.25) is 0 Å². The molecular formula is C17H20N6O3S. The quantitative estimate of drug-likeness (QED) is 0.619. The van der Waals surface area contributed by atoms with Crippen LogP contribution in [0.2, 0.25) is 0 Å². The molecule has 0 aliphatic heterocycles. The third-order valence-electron chi connectivity index (χ3n) is 3.88. The topological polar surface area (TPSA) is 144 Å². The third-order valence-corrected chi connectivity index (χ3v) is 4.96. The molecule has 3 aromatic rings. The fraction of sp³-hybridized carbons (Fsp3) is 0.294. The SMILES string of the molecule is CC(C)(C)c1nc2[nH]cc(C(N)=O)c2nc1Nc1cncc(S(C)(=O)=O)c1. The van der Waals surface area contributed by atoms with E-state index in [1.165, 1.54) is 24.7 Å². The van der Waals surface area contributed by atoms with Crippen LogP contribution < -0.4 is 11.1 Å². The highest BCUT2D eigenvalue weighted by Crippen LogP contribution is 2.31. The number of carbonyl (C=O) groups is 1. The number of rotatable bonds is 4. The highest BCUT2D eigenvalue weighted by Gasteiger charge is 2.24.